The normalized spacial score (nSPS) is 12.5. The predicted octanol–water partition coefficient (Wildman–Crippen LogP) is 2.46. The Labute approximate surface area is 82.3 Å². The molecule has 0 aromatic heterocycles. The molecule has 0 aliphatic rings. The van der Waals surface area contributed by atoms with Crippen LogP contribution in [-0.4, -0.2) is 24.9 Å². The van der Waals surface area contributed by atoms with Crippen molar-refractivity contribution in [2.45, 2.75) is 40.5 Å². The van der Waals surface area contributed by atoms with Gasteiger partial charge in [-0.1, -0.05) is 40.5 Å². The van der Waals surface area contributed by atoms with Crippen molar-refractivity contribution in [3.05, 3.63) is 0 Å². The first-order valence-corrected chi connectivity index (χ1v) is 5.24. The lowest BCUT2D eigenvalue weighted by molar-refractivity contribution is 0.0117. The minimum absolute atomic E-state index is 0.0912. The largest absolute Gasteiger partial charge is 0.396 e. The molecule has 0 aliphatic carbocycles. The number of rotatable bonds is 7. The van der Waals surface area contributed by atoms with E-state index in [2.05, 4.69) is 13.8 Å². The molecule has 80 valence electrons. The number of hydrogen-bond acceptors (Lipinski definition) is 2. The summed E-state index contributed by atoms with van der Waals surface area (Å²) in [5.41, 5.74) is -0.0912. The van der Waals surface area contributed by atoms with Gasteiger partial charge in [-0.05, 0) is 5.92 Å². The predicted molar refractivity (Wildman–Crippen MR) is 55.8 cm³/mol. The number of aliphatic hydroxyl groups excluding tert-OH is 1. The van der Waals surface area contributed by atoms with Crippen LogP contribution in [-0.2, 0) is 4.74 Å². The summed E-state index contributed by atoms with van der Waals surface area (Å²) in [7, 11) is 0. The monoisotopic (exact) mass is 188 g/mol. The number of hydrogen-bond donors (Lipinski definition) is 1. The molecule has 0 saturated heterocycles. The van der Waals surface area contributed by atoms with Crippen molar-refractivity contribution >= 4 is 0 Å². The minimum atomic E-state index is -0.0912. The van der Waals surface area contributed by atoms with E-state index in [1.54, 1.807) is 0 Å². The molecule has 0 fully saturated rings. The summed E-state index contributed by atoms with van der Waals surface area (Å²) in [4.78, 5) is 0. The Hall–Kier alpha value is -0.0800. The van der Waals surface area contributed by atoms with Crippen LogP contribution < -0.4 is 0 Å². The van der Waals surface area contributed by atoms with Crippen LogP contribution in [0, 0.1) is 11.3 Å². The topological polar surface area (TPSA) is 29.5 Å². The van der Waals surface area contributed by atoms with Gasteiger partial charge in [-0.25, -0.2) is 0 Å². The zero-order valence-electron chi connectivity index (χ0n) is 9.47. The van der Waals surface area contributed by atoms with Gasteiger partial charge in [0.2, 0.25) is 0 Å². The van der Waals surface area contributed by atoms with E-state index in [4.69, 9.17) is 9.84 Å². The lowest BCUT2D eigenvalue weighted by atomic mass is 9.96. The molecule has 0 atom stereocenters. The van der Waals surface area contributed by atoms with E-state index >= 15 is 0 Å². The van der Waals surface area contributed by atoms with Crippen LogP contribution in [0.15, 0.2) is 0 Å². The van der Waals surface area contributed by atoms with Gasteiger partial charge >= 0.3 is 0 Å². The molecule has 0 aromatic carbocycles. The maximum atomic E-state index is 8.99. The van der Waals surface area contributed by atoms with Gasteiger partial charge in [0.15, 0.2) is 0 Å². The van der Waals surface area contributed by atoms with E-state index in [9.17, 15) is 0 Å². The summed E-state index contributed by atoms with van der Waals surface area (Å²) >= 11 is 0. The third-order valence-electron chi connectivity index (χ3n) is 2.43. The Kier molecular flexibility index (Phi) is 6.35. The van der Waals surface area contributed by atoms with Crippen LogP contribution in [0.3, 0.4) is 0 Å². The molecule has 0 heterocycles. The van der Waals surface area contributed by atoms with E-state index in [1.165, 1.54) is 12.8 Å². The van der Waals surface area contributed by atoms with Crippen molar-refractivity contribution < 1.29 is 9.84 Å². The van der Waals surface area contributed by atoms with E-state index in [1.807, 2.05) is 13.8 Å². The third-order valence-corrected chi connectivity index (χ3v) is 2.43. The second kappa shape index (κ2) is 6.39. The van der Waals surface area contributed by atoms with Crippen LogP contribution in [0.5, 0.6) is 0 Å². The van der Waals surface area contributed by atoms with Crippen molar-refractivity contribution in [1.29, 1.82) is 0 Å². The van der Waals surface area contributed by atoms with Gasteiger partial charge in [0.25, 0.3) is 0 Å². The van der Waals surface area contributed by atoms with Gasteiger partial charge in [0, 0.05) is 12.0 Å². The average Bonchev–Trinajstić information content (AvgIpc) is 2.12. The quantitative estimate of drug-likeness (QED) is 0.665. The summed E-state index contributed by atoms with van der Waals surface area (Å²) in [5, 5.41) is 8.99. The maximum absolute atomic E-state index is 8.99. The van der Waals surface area contributed by atoms with Crippen LogP contribution >= 0.6 is 0 Å². The molecule has 13 heavy (non-hydrogen) atoms. The number of aliphatic hydroxyl groups is 1. The van der Waals surface area contributed by atoms with Gasteiger partial charge in [-0.3, -0.25) is 0 Å². The summed E-state index contributed by atoms with van der Waals surface area (Å²) < 4.78 is 5.57. The Balaban J connectivity index is 3.54. The highest BCUT2D eigenvalue weighted by atomic mass is 16.5. The summed E-state index contributed by atoms with van der Waals surface area (Å²) in [6, 6.07) is 0. The van der Waals surface area contributed by atoms with Crippen molar-refractivity contribution in [2.24, 2.45) is 11.3 Å². The van der Waals surface area contributed by atoms with E-state index in [0.717, 1.165) is 6.61 Å². The lowest BCUT2D eigenvalue weighted by Gasteiger charge is -2.22. The van der Waals surface area contributed by atoms with E-state index in [-0.39, 0.29) is 12.0 Å². The lowest BCUT2D eigenvalue weighted by Crippen LogP contribution is -2.25. The van der Waals surface area contributed by atoms with E-state index in [0.29, 0.717) is 12.5 Å². The second-order valence-corrected chi connectivity index (χ2v) is 4.52. The molecular formula is C11H24O2. The molecule has 0 radical (unpaired) electrons. The molecule has 2 heteroatoms. The Morgan fingerprint density at radius 1 is 1.23 bits per heavy atom. The van der Waals surface area contributed by atoms with Gasteiger partial charge in [-0.15, -0.1) is 0 Å². The molecule has 0 unspecified atom stereocenters. The molecule has 0 bridgehead atoms. The molecule has 2 nitrogen and oxygen atoms in total. The van der Waals surface area contributed by atoms with Crippen LogP contribution in [0.25, 0.3) is 0 Å². The fourth-order valence-corrected chi connectivity index (χ4v) is 1.07. The molecule has 1 N–H and O–H groups in total. The highest BCUT2D eigenvalue weighted by Crippen LogP contribution is 2.15. The molecule has 0 rings (SSSR count). The molecule has 0 saturated carbocycles. The SMILES string of the molecule is CCC(CC)COCC(C)(C)CO. The van der Waals surface area contributed by atoms with Gasteiger partial charge in [0.05, 0.1) is 13.2 Å². The minimum Gasteiger partial charge on any atom is -0.396 e. The standard InChI is InChI=1S/C11H24O2/c1-5-10(6-2)7-13-9-11(3,4)8-12/h10,12H,5-9H2,1-4H3. The summed E-state index contributed by atoms with van der Waals surface area (Å²) in [5.74, 6) is 0.675. The second-order valence-electron chi connectivity index (χ2n) is 4.52. The molecule has 0 aromatic rings. The first kappa shape index (κ1) is 12.9. The summed E-state index contributed by atoms with van der Waals surface area (Å²) in [6.45, 7) is 10.1. The van der Waals surface area contributed by atoms with Gasteiger partial charge < -0.3 is 9.84 Å². The van der Waals surface area contributed by atoms with Crippen LogP contribution in [0.4, 0.5) is 0 Å². The molecular weight excluding hydrogens is 164 g/mol. The van der Waals surface area contributed by atoms with Crippen molar-refractivity contribution in [1.82, 2.24) is 0 Å². The average molecular weight is 188 g/mol. The Bertz CT molecular complexity index is 117. The molecule has 0 spiro atoms. The zero-order chi connectivity index (χ0) is 10.3. The zero-order valence-corrected chi connectivity index (χ0v) is 9.47. The maximum Gasteiger partial charge on any atom is 0.0539 e. The van der Waals surface area contributed by atoms with Gasteiger partial charge in [-0.2, -0.15) is 0 Å². The fourth-order valence-electron chi connectivity index (χ4n) is 1.07. The third kappa shape index (κ3) is 6.05. The van der Waals surface area contributed by atoms with Crippen LogP contribution in [0.2, 0.25) is 0 Å². The smallest absolute Gasteiger partial charge is 0.0539 e. The highest BCUT2D eigenvalue weighted by molar-refractivity contribution is 4.65. The molecule has 0 amide bonds. The van der Waals surface area contributed by atoms with Crippen molar-refractivity contribution in [3.8, 4) is 0 Å². The Morgan fingerprint density at radius 2 is 1.77 bits per heavy atom. The first-order valence-electron chi connectivity index (χ1n) is 5.24. The van der Waals surface area contributed by atoms with Crippen molar-refractivity contribution in [2.75, 3.05) is 19.8 Å². The Morgan fingerprint density at radius 3 is 2.15 bits per heavy atom. The van der Waals surface area contributed by atoms with Gasteiger partial charge in [0.1, 0.15) is 0 Å². The first-order chi connectivity index (χ1) is 6.05. The van der Waals surface area contributed by atoms with Crippen molar-refractivity contribution in [3.63, 3.8) is 0 Å². The fraction of sp³-hybridized carbons (Fsp3) is 1.00. The van der Waals surface area contributed by atoms with Crippen LogP contribution in [0.1, 0.15) is 40.5 Å². The van der Waals surface area contributed by atoms with E-state index < -0.39 is 0 Å². The number of ether oxygens (including phenoxy) is 1. The molecule has 0 aliphatic heterocycles. The summed E-state index contributed by atoms with van der Waals surface area (Å²) in [6.07, 6.45) is 2.35. The highest BCUT2D eigenvalue weighted by Gasteiger charge is 2.17.